The Balaban J connectivity index is 1.54. The van der Waals surface area contributed by atoms with Gasteiger partial charge >= 0.3 is 0 Å². The summed E-state index contributed by atoms with van der Waals surface area (Å²) in [5.74, 6) is -0.418. The van der Waals surface area contributed by atoms with Crippen molar-refractivity contribution in [3.05, 3.63) is 70.7 Å². The zero-order chi connectivity index (χ0) is 19.9. The molecule has 0 fully saturated rings. The summed E-state index contributed by atoms with van der Waals surface area (Å²) in [5, 5.41) is 15.1. The van der Waals surface area contributed by atoms with Gasteiger partial charge in [-0.05, 0) is 36.2 Å². The molecule has 0 saturated carbocycles. The van der Waals surface area contributed by atoms with Gasteiger partial charge in [0.25, 0.3) is 5.91 Å². The van der Waals surface area contributed by atoms with E-state index in [1.807, 2.05) is 32.0 Å². The molecular formula is C21H22N4O2S. The number of hydrogen-bond donors (Lipinski definition) is 2. The number of hydrogen-bond acceptors (Lipinski definition) is 5. The van der Waals surface area contributed by atoms with Crippen LogP contribution in [0.5, 0.6) is 0 Å². The normalized spacial score (nSPS) is 10.7. The first kappa shape index (κ1) is 19.7. The van der Waals surface area contributed by atoms with E-state index < -0.39 is 0 Å². The van der Waals surface area contributed by atoms with Gasteiger partial charge in [0.05, 0.1) is 0 Å². The van der Waals surface area contributed by atoms with Crippen molar-refractivity contribution in [2.24, 2.45) is 5.92 Å². The van der Waals surface area contributed by atoms with Gasteiger partial charge in [0.15, 0.2) is 0 Å². The zero-order valence-electron chi connectivity index (χ0n) is 15.8. The summed E-state index contributed by atoms with van der Waals surface area (Å²) in [5.41, 5.74) is 2.39. The highest BCUT2D eigenvalue weighted by Crippen LogP contribution is 2.19. The van der Waals surface area contributed by atoms with E-state index in [-0.39, 0.29) is 17.7 Å². The highest BCUT2D eigenvalue weighted by Gasteiger charge is 2.12. The van der Waals surface area contributed by atoms with Crippen LogP contribution in [0.25, 0.3) is 0 Å². The smallest absolute Gasteiger partial charge is 0.257 e. The van der Waals surface area contributed by atoms with Crippen LogP contribution >= 0.6 is 11.3 Å². The number of amides is 2. The topological polar surface area (TPSA) is 84.0 Å². The van der Waals surface area contributed by atoms with Crippen LogP contribution in [-0.4, -0.2) is 22.0 Å². The number of benzene rings is 2. The average molecular weight is 395 g/mol. The summed E-state index contributed by atoms with van der Waals surface area (Å²) < 4.78 is 0. The molecule has 2 N–H and O–H groups in total. The van der Waals surface area contributed by atoms with E-state index in [2.05, 4.69) is 33.0 Å². The molecule has 1 aromatic heterocycles. The molecule has 2 amide bonds. The third-order valence-electron chi connectivity index (χ3n) is 4.10. The van der Waals surface area contributed by atoms with Crippen molar-refractivity contribution in [1.82, 2.24) is 10.2 Å². The van der Waals surface area contributed by atoms with Crippen LogP contribution in [0.4, 0.5) is 10.8 Å². The summed E-state index contributed by atoms with van der Waals surface area (Å²) in [6.45, 7) is 3.65. The second-order valence-corrected chi connectivity index (χ2v) is 7.72. The molecule has 1 heterocycles. The molecule has 0 aliphatic carbocycles. The molecule has 7 heteroatoms. The van der Waals surface area contributed by atoms with Gasteiger partial charge in [-0.3, -0.25) is 14.9 Å². The summed E-state index contributed by atoms with van der Waals surface area (Å²) in [6.07, 6.45) is 1.66. The largest absolute Gasteiger partial charge is 0.326 e. The molecule has 6 nitrogen and oxygen atoms in total. The first-order valence-corrected chi connectivity index (χ1v) is 9.91. The Kier molecular flexibility index (Phi) is 6.49. The fourth-order valence-corrected chi connectivity index (χ4v) is 3.20. The second-order valence-electron chi connectivity index (χ2n) is 6.66. The van der Waals surface area contributed by atoms with Crippen LogP contribution < -0.4 is 10.6 Å². The fourth-order valence-electron chi connectivity index (χ4n) is 2.46. The lowest BCUT2D eigenvalue weighted by atomic mass is 10.1. The molecule has 28 heavy (non-hydrogen) atoms. The first-order valence-electron chi connectivity index (χ1n) is 9.10. The van der Waals surface area contributed by atoms with Gasteiger partial charge in [-0.25, -0.2) is 0 Å². The molecule has 3 rings (SSSR count). The van der Waals surface area contributed by atoms with E-state index in [0.29, 0.717) is 16.4 Å². The SMILES string of the molecule is CC(C)C(=O)Nc1ccc(C(=O)Nc2nnc(CCc3ccccc3)s2)cc1. The zero-order valence-corrected chi connectivity index (χ0v) is 16.6. The Bertz CT molecular complexity index is 937. The Morgan fingerprint density at radius 1 is 0.929 bits per heavy atom. The maximum Gasteiger partial charge on any atom is 0.257 e. The molecule has 144 valence electrons. The molecule has 0 aliphatic heterocycles. The van der Waals surface area contributed by atoms with Crippen LogP contribution in [0, 0.1) is 5.92 Å². The van der Waals surface area contributed by atoms with Crippen LogP contribution in [0.15, 0.2) is 54.6 Å². The molecule has 2 aromatic carbocycles. The van der Waals surface area contributed by atoms with Crippen LogP contribution in [0.3, 0.4) is 0 Å². The van der Waals surface area contributed by atoms with E-state index >= 15 is 0 Å². The number of rotatable bonds is 7. The van der Waals surface area contributed by atoms with Crippen molar-refractivity contribution in [2.45, 2.75) is 26.7 Å². The average Bonchev–Trinajstić information content (AvgIpc) is 3.15. The van der Waals surface area contributed by atoms with Crippen molar-refractivity contribution in [2.75, 3.05) is 10.6 Å². The van der Waals surface area contributed by atoms with Crippen molar-refractivity contribution in [1.29, 1.82) is 0 Å². The summed E-state index contributed by atoms with van der Waals surface area (Å²) in [7, 11) is 0. The van der Waals surface area contributed by atoms with Gasteiger partial charge in [0.2, 0.25) is 11.0 Å². The van der Waals surface area contributed by atoms with Crippen LogP contribution in [0.2, 0.25) is 0 Å². The van der Waals surface area contributed by atoms with Crippen LogP contribution in [-0.2, 0) is 17.6 Å². The number of carbonyl (C=O) groups excluding carboxylic acids is 2. The minimum Gasteiger partial charge on any atom is -0.326 e. The lowest BCUT2D eigenvalue weighted by Gasteiger charge is -2.08. The van der Waals surface area contributed by atoms with E-state index in [1.165, 1.54) is 16.9 Å². The minimum absolute atomic E-state index is 0.0610. The Morgan fingerprint density at radius 2 is 1.64 bits per heavy atom. The fraction of sp³-hybridized carbons (Fsp3) is 0.238. The van der Waals surface area contributed by atoms with E-state index in [0.717, 1.165) is 17.8 Å². The van der Waals surface area contributed by atoms with E-state index in [9.17, 15) is 9.59 Å². The van der Waals surface area contributed by atoms with Gasteiger partial charge in [0, 0.05) is 23.6 Å². The second kappa shape index (κ2) is 9.23. The Hall–Kier alpha value is -3.06. The summed E-state index contributed by atoms with van der Waals surface area (Å²) in [6, 6.07) is 16.9. The van der Waals surface area contributed by atoms with Crippen molar-refractivity contribution < 1.29 is 9.59 Å². The van der Waals surface area contributed by atoms with Crippen molar-refractivity contribution >= 4 is 34.0 Å². The van der Waals surface area contributed by atoms with Gasteiger partial charge in [-0.15, -0.1) is 10.2 Å². The van der Waals surface area contributed by atoms with E-state index in [4.69, 9.17) is 0 Å². The molecule has 0 unspecified atom stereocenters. The number of nitrogens with one attached hydrogen (secondary N) is 2. The lowest BCUT2D eigenvalue weighted by molar-refractivity contribution is -0.118. The van der Waals surface area contributed by atoms with E-state index in [1.54, 1.807) is 24.3 Å². The summed E-state index contributed by atoms with van der Waals surface area (Å²) >= 11 is 1.38. The number of aryl methyl sites for hydroxylation is 2. The standard InChI is InChI=1S/C21H22N4O2S/c1-14(2)19(26)22-17-11-9-16(10-12-17)20(27)23-21-25-24-18(28-21)13-8-15-6-4-3-5-7-15/h3-7,9-12,14H,8,13H2,1-2H3,(H,22,26)(H,23,25,27). The predicted molar refractivity (Wildman–Crippen MR) is 112 cm³/mol. The van der Waals surface area contributed by atoms with Crippen molar-refractivity contribution in [3.63, 3.8) is 0 Å². The van der Waals surface area contributed by atoms with Gasteiger partial charge in [-0.2, -0.15) is 0 Å². The molecule has 3 aromatic rings. The molecule has 0 atom stereocenters. The van der Waals surface area contributed by atoms with Gasteiger partial charge in [0.1, 0.15) is 5.01 Å². The van der Waals surface area contributed by atoms with Crippen LogP contribution in [0.1, 0.15) is 34.8 Å². The molecule has 0 aliphatic rings. The number of carbonyl (C=O) groups is 2. The quantitative estimate of drug-likeness (QED) is 0.630. The molecule has 0 radical (unpaired) electrons. The monoisotopic (exact) mass is 394 g/mol. The molecule has 0 bridgehead atoms. The Labute approximate surface area is 168 Å². The first-order chi connectivity index (χ1) is 13.5. The lowest BCUT2D eigenvalue weighted by Crippen LogP contribution is -2.18. The number of aromatic nitrogens is 2. The van der Waals surface area contributed by atoms with Crippen molar-refractivity contribution in [3.8, 4) is 0 Å². The third-order valence-corrected chi connectivity index (χ3v) is 5.00. The third kappa shape index (κ3) is 5.47. The molecular weight excluding hydrogens is 372 g/mol. The summed E-state index contributed by atoms with van der Waals surface area (Å²) in [4.78, 5) is 24.1. The van der Waals surface area contributed by atoms with Gasteiger partial charge in [-0.1, -0.05) is 55.5 Å². The Morgan fingerprint density at radius 3 is 2.32 bits per heavy atom. The number of nitrogens with zero attached hydrogens (tertiary/aromatic N) is 2. The molecule has 0 spiro atoms. The van der Waals surface area contributed by atoms with Gasteiger partial charge < -0.3 is 5.32 Å². The minimum atomic E-state index is -0.257. The highest BCUT2D eigenvalue weighted by atomic mass is 32.1. The number of anilines is 2. The highest BCUT2D eigenvalue weighted by molar-refractivity contribution is 7.15. The predicted octanol–water partition coefficient (Wildman–Crippen LogP) is 4.17. The maximum atomic E-state index is 12.4. The molecule has 0 saturated heterocycles. The maximum absolute atomic E-state index is 12.4.